The molecule has 0 aliphatic heterocycles. The molecule has 0 unspecified atom stereocenters. The van der Waals surface area contributed by atoms with Gasteiger partial charge in [0.25, 0.3) is 5.91 Å². The fourth-order valence-electron chi connectivity index (χ4n) is 2.21. The molecule has 1 aromatic heterocycles. The van der Waals surface area contributed by atoms with Gasteiger partial charge in [0, 0.05) is 11.9 Å². The minimum absolute atomic E-state index is 0.210. The van der Waals surface area contributed by atoms with Crippen molar-refractivity contribution in [1.82, 2.24) is 10.3 Å². The van der Waals surface area contributed by atoms with Gasteiger partial charge in [0.1, 0.15) is 5.69 Å². The number of ether oxygens (including phenoxy) is 1. The molecule has 0 aromatic carbocycles. The Balaban J connectivity index is 1.86. The molecule has 1 aromatic rings. The molecule has 0 saturated heterocycles. The van der Waals surface area contributed by atoms with E-state index < -0.39 is 5.97 Å². The van der Waals surface area contributed by atoms with Gasteiger partial charge in [-0.1, -0.05) is 12.8 Å². The first-order valence-corrected chi connectivity index (χ1v) is 7.49. The zero-order valence-corrected chi connectivity index (χ0v) is 11.8. The number of hydrogen-bond donors (Lipinski definition) is 1. The van der Waals surface area contributed by atoms with Gasteiger partial charge in [-0.15, -0.1) is 11.3 Å². The molecule has 0 radical (unpaired) electrons. The third kappa shape index (κ3) is 3.76. The van der Waals surface area contributed by atoms with E-state index in [1.807, 2.05) is 0 Å². The van der Waals surface area contributed by atoms with Gasteiger partial charge in [0.2, 0.25) is 5.01 Å². The highest BCUT2D eigenvalue weighted by Crippen LogP contribution is 2.23. The number of carbonyl (C=O) groups excluding carboxylic acids is 2. The smallest absolute Gasteiger partial charge is 0.367 e. The first-order chi connectivity index (χ1) is 9.20. The van der Waals surface area contributed by atoms with Gasteiger partial charge < -0.3 is 10.1 Å². The van der Waals surface area contributed by atoms with Crippen LogP contribution in [0.2, 0.25) is 0 Å². The van der Waals surface area contributed by atoms with E-state index >= 15 is 0 Å². The standard InChI is InChI=1S/C13H18N2O3S/c1-2-18-13(17)12-15-10(8-19-12)11(16)14-7-9-5-3-4-6-9/h8-9H,2-7H2,1H3,(H,14,16). The Labute approximate surface area is 116 Å². The lowest BCUT2D eigenvalue weighted by atomic mass is 10.1. The Morgan fingerprint density at radius 1 is 1.47 bits per heavy atom. The Morgan fingerprint density at radius 3 is 2.89 bits per heavy atom. The predicted octanol–water partition coefficient (Wildman–Crippen LogP) is 2.24. The maximum atomic E-state index is 11.9. The van der Waals surface area contributed by atoms with Crippen molar-refractivity contribution in [3.05, 3.63) is 16.1 Å². The second-order valence-electron chi connectivity index (χ2n) is 4.62. The second-order valence-corrected chi connectivity index (χ2v) is 5.48. The zero-order chi connectivity index (χ0) is 13.7. The fraction of sp³-hybridized carbons (Fsp3) is 0.615. The summed E-state index contributed by atoms with van der Waals surface area (Å²) in [5, 5.41) is 4.70. The van der Waals surface area contributed by atoms with E-state index in [1.165, 1.54) is 25.7 Å². The lowest BCUT2D eigenvalue weighted by Crippen LogP contribution is -2.28. The summed E-state index contributed by atoms with van der Waals surface area (Å²) in [4.78, 5) is 27.3. The first kappa shape index (κ1) is 14.0. The molecule has 1 N–H and O–H groups in total. The number of thiazole rings is 1. The lowest BCUT2D eigenvalue weighted by molar-refractivity contribution is 0.0526. The molecular weight excluding hydrogens is 264 g/mol. The van der Waals surface area contributed by atoms with Crippen LogP contribution in [0.25, 0.3) is 0 Å². The normalized spacial score (nSPS) is 15.4. The van der Waals surface area contributed by atoms with E-state index in [9.17, 15) is 9.59 Å². The van der Waals surface area contributed by atoms with E-state index in [-0.39, 0.29) is 10.9 Å². The minimum atomic E-state index is -0.470. The van der Waals surface area contributed by atoms with Crippen LogP contribution in [0.1, 0.15) is 52.9 Å². The van der Waals surface area contributed by atoms with Crippen LogP contribution < -0.4 is 5.32 Å². The van der Waals surface area contributed by atoms with Gasteiger partial charge in [-0.3, -0.25) is 4.79 Å². The fourth-order valence-corrected chi connectivity index (χ4v) is 2.90. The summed E-state index contributed by atoms with van der Waals surface area (Å²) in [5.41, 5.74) is 0.297. The maximum Gasteiger partial charge on any atom is 0.367 e. The van der Waals surface area contributed by atoms with Crippen molar-refractivity contribution < 1.29 is 14.3 Å². The lowest BCUT2D eigenvalue weighted by Gasteiger charge is -2.09. The molecule has 0 atom stereocenters. The van der Waals surface area contributed by atoms with E-state index in [1.54, 1.807) is 12.3 Å². The molecule has 1 amide bonds. The Morgan fingerprint density at radius 2 is 2.21 bits per heavy atom. The van der Waals surface area contributed by atoms with Crippen LogP contribution in [0.3, 0.4) is 0 Å². The Kier molecular flexibility index (Phi) is 4.90. The molecule has 1 aliphatic rings. The number of carbonyl (C=O) groups is 2. The van der Waals surface area contributed by atoms with Crippen LogP contribution >= 0.6 is 11.3 Å². The molecule has 5 nitrogen and oxygen atoms in total. The number of aromatic nitrogens is 1. The van der Waals surface area contributed by atoms with Crippen molar-refractivity contribution in [2.45, 2.75) is 32.6 Å². The highest BCUT2D eigenvalue weighted by molar-refractivity contribution is 7.11. The summed E-state index contributed by atoms with van der Waals surface area (Å²) < 4.78 is 4.84. The first-order valence-electron chi connectivity index (χ1n) is 6.61. The molecule has 2 rings (SSSR count). The summed E-state index contributed by atoms with van der Waals surface area (Å²) in [7, 11) is 0. The molecule has 104 valence electrons. The summed E-state index contributed by atoms with van der Waals surface area (Å²) in [5.74, 6) is -0.0897. The molecule has 1 aliphatic carbocycles. The van der Waals surface area contributed by atoms with Crippen molar-refractivity contribution in [2.24, 2.45) is 5.92 Å². The van der Waals surface area contributed by atoms with Crippen molar-refractivity contribution in [3.63, 3.8) is 0 Å². The molecular formula is C13H18N2O3S. The van der Waals surface area contributed by atoms with Crippen LogP contribution in [0.4, 0.5) is 0 Å². The molecule has 1 heterocycles. The summed E-state index contributed by atoms with van der Waals surface area (Å²) in [6.45, 7) is 2.74. The zero-order valence-electron chi connectivity index (χ0n) is 11.0. The molecule has 6 heteroatoms. The maximum absolute atomic E-state index is 11.9. The minimum Gasteiger partial charge on any atom is -0.461 e. The number of nitrogens with zero attached hydrogens (tertiary/aromatic N) is 1. The van der Waals surface area contributed by atoms with Gasteiger partial charge in [-0.25, -0.2) is 9.78 Å². The highest BCUT2D eigenvalue weighted by Gasteiger charge is 2.19. The van der Waals surface area contributed by atoms with Crippen LogP contribution in [-0.4, -0.2) is 30.0 Å². The number of hydrogen-bond acceptors (Lipinski definition) is 5. The van der Waals surface area contributed by atoms with Crippen molar-refractivity contribution in [3.8, 4) is 0 Å². The van der Waals surface area contributed by atoms with Gasteiger partial charge >= 0.3 is 5.97 Å². The number of nitrogens with one attached hydrogen (secondary N) is 1. The Bertz CT molecular complexity index is 452. The van der Waals surface area contributed by atoms with Crippen molar-refractivity contribution >= 4 is 23.2 Å². The monoisotopic (exact) mass is 282 g/mol. The topological polar surface area (TPSA) is 68.3 Å². The molecule has 1 saturated carbocycles. The number of amides is 1. The van der Waals surface area contributed by atoms with Gasteiger partial charge in [-0.2, -0.15) is 0 Å². The largest absolute Gasteiger partial charge is 0.461 e. The predicted molar refractivity (Wildman–Crippen MR) is 72.4 cm³/mol. The van der Waals surface area contributed by atoms with Gasteiger partial charge in [0.15, 0.2) is 0 Å². The average molecular weight is 282 g/mol. The quantitative estimate of drug-likeness (QED) is 0.841. The third-order valence-electron chi connectivity index (χ3n) is 3.21. The van der Waals surface area contributed by atoms with E-state index in [4.69, 9.17) is 4.74 Å². The SMILES string of the molecule is CCOC(=O)c1nc(C(=O)NCC2CCCC2)cs1. The van der Waals surface area contributed by atoms with Crippen LogP contribution in [0, 0.1) is 5.92 Å². The van der Waals surface area contributed by atoms with Gasteiger partial charge in [0.05, 0.1) is 6.61 Å². The summed E-state index contributed by atoms with van der Waals surface area (Å²) in [6, 6.07) is 0. The van der Waals surface area contributed by atoms with E-state index in [0.717, 1.165) is 11.3 Å². The van der Waals surface area contributed by atoms with Crippen LogP contribution in [-0.2, 0) is 4.74 Å². The number of rotatable bonds is 5. The molecule has 19 heavy (non-hydrogen) atoms. The van der Waals surface area contributed by atoms with Crippen LogP contribution in [0.15, 0.2) is 5.38 Å². The van der Waals surface area contributed by atoms with Gasteiger partial charge in [-0.05, 0) is 25.7 Å². The average Bonchev–Trinajstić information content (AvgIpc) is 3.07. The Hall–Kier alpha value is -1.43. The summed E-state index contributed by atoms with van der Waals surface area (Å²) >= 11 is 1.14. The molecule has 1 fully saturated rings. The van der Waals surface area contributed by atoms with Crippen molar-refractivity contribution in [2.75, 3.05) is 13.2 Å². The van der Waals surface area contributed by atoms with Crippen LogP contribution in [0.5, 0.6) is 0 Å². The molecule has 0 bridgehead atoms. The highest BCUT2D eigenvalue weighted by atomic mass is 32.1. The molecule has 0 spiro atoms. The van der Waals surface area contributed by atoms with E-state index in [0.29, 0.717) is 24.8 Å². The third-order valence-corrected chi connectivity index (χ3v) is 4.04. The number of esters is 1. The van der Waals surface area contributed by atoms with E-state index in [2.05, 4.69) is 10.3 Å². The second kappa shape index (κ2) is 6.65. The van der Waals surface area contributed by atoms with Crippen molar-refractivity contribution in [1.29, 1.82) is 0 Å². The summed E-state index contributed by atoms with van der Waals surface area (Å²) in [6.07, 6.45) is 4.88.